The number of aliphatic hydroxyl groups is 1. The quantitative estimate of drug-likeness (QED) is 0.0504. The normalized spacial score (nSPS) is 22.2. The Balaban J connectivity index is 1.20. The lowest BCUT2D eigenvalue weighted by Gasteiger charge is -2.46. The molecule has 4 aliphatic rings. The van der Waals surface area contributed by atoms with Crippen LogP contribution in [0.4, 0.5) is 16.2 Å². The van der Waals surface area contributed by atoms with Crippen molar-refractivity contribution in [2.75, 3.05) is 44.8 Å². The van der Waals surface area contributed by atoms with E-state index in [4.69, 9.17) is 14.2 Å². The minimum atomic E-state index is -2.03. The van der Waals surface area contributed by atoms with Gasteiger partial charge in [-0.1, -0.05) is 134 Å². The van der Waals surface area contributed by atoms with Crippen molar-refractivity contribution in [1.82, 2.24) is 14.7 Å². The molecule has 15 nitrogen and oxygen atoms in total. The Kier molecular flexibility index (Phi) is 15.4. The first-order valence-corrected chi connectivity index (χ1v) is 25.9. The van der Waals surface area contributed by atoms with Crippen molar-refractivity contribution in [3.63, 3.8) is 0 Å². The summed E-state index contributed by atoms with van der Waals surface area (Å²) in [6, 6.07) is 43.6. The molecule has 388 valence electrons. The minimum absolute atomic E-state index is 0.0304. The zero-order valence-electron chi connectivity index (χ0n) is 42.2. The molecule has 6 atom stereocenters. The van der Waals surface area contributed by atoms with E-state index in [1.165, 1.54) is 24.3 Å². The van der Waals surface area contributed by atoms with Gasteiger partial charge in [-0.25, -0.2) is 9.69 Å². The lowest BCUT2D eigenvalue weighted by Crippen LogP contribution is -2.56. The predicted octanol–water partition coefficient (Wildman–Crippen LogP) is 9.24. The van der Waals surface area contributed by atoms with Gasteiger partial charge in [0.1, 0.15) is 36.5 Å². The minimum Gasteiger partial charge on any atom is -0.491 e. The Hall–Kier alpha value is -8.16. The molecule has 4 heterocycles. The molecule has 0 aromatic heterocycles. The number of cyclic esters (lactones) is 1. The average molecular weight is 1020 g/mol. The number of rotatable bonds is 13. The van der Waals surface area contributed by atoms with E-state index in [1.54, 1.807) is 35.2 Å². The van der Waals surface area contributed by atoms with Crippen LogP contribution in [0.25, 0.3) is 0 Å². The second kappa shape index (κ2) is 22.8. The van der Waals surface area contributed by atoms with E-state index in [-0.39, 0.29) is 31.2 Å². The molecule has 3 amide bonds. The fourth-order valence-electron chi connectivity index (χ4n) is 11.7. The van der Waals surface area contributed by atoms with Gasteiger partial charge in [0.15, 0.2) is 0 Å². The van der Waals surface area contributed by atoms with Crippen LogP contribution in [0.5, 0.6) is 5.75 Å². The lowest BCUT2D eigenvalue weighted by molar-refractivity contribution is -0.384. The Morgan fingerprint density at radius 3 is 2.08 bits per heavy atom. The smallest absolute Gasteiger partial charge is 0.421 e. The molecule has 3 saturated heterocycles. The van der Waals surface area contributed by atoms with E-state index < -0.39 is 64.4 Å². The number of likely N-dealkylation sites (tertiary alicyclic amines) is 1. The van der Waals surface area contributed by atoms with Crippen molar-refractivity contribution in [3.05, 3.63) is 207 Å². The lowest BCUT2D eigenvalue weighted by atomic mass is 9.64. The van der Waals surface area contributed by atoms with Crippen LogP contribution in [-0.4, -0.2) is 94.5 Å². The van der Waals surface area contributed by atoms with Crippen molar-refractivity contribution >= 4 is 35.3 Å². The zero-order chi connectivity index (χ0) is 52.8. The number of nitrogens with zero attached hydrogens (tertiary/aromatic N) is 5. The van der Waals surface area contributed by atoms with Crippen molar-refractivity contribution in [3.8, 4) is 17.6 Å². The molecule has 1 spiro atoms. The van der Waals surface area contributed by atoms with Crippen molar-refractivity contribution < 1.29 is 43.4 Å². The van der Waals surface area contributed by atoms with Gasteiger partial charge in [0, 0.05) is 37.3 Å². The highest BCUT2D eigenvalue weighted by Crippen LogP contribution is 2.66. The maximum absolute atomic E-state index is 16.8. The third kappa shape index (κ3) is 10.1. The van der Waals surface area contributed by atoms with Crippen LogP contribution in [-0.2, 0) is 42.4 Å². The van der Waals surface area contributed by atoms with Gasteiger partial charge in [-0.3, -0.25) is 34.3 Å². The first-order chi connectivity index (χ1) is 37.1. The van der Waals surface area contributed by atoms with Crippen molar-refractivity contribution in [2.45, 2.75) is 74.9 Å². The second-order valence-corrected chi connectivity index (χ2v) is 19.8. The molecular formula is C61H59N5O10. The number of hydrogen-bond acceptors (Lipinski definition) is 12. The van der Waals surface area contributed by atoms with E-state index in [0.717, 1.165) is 48.1 Å². The average Bonchev–Trinajstić information content (AvgIpc) is 3.89. The third-order valence-corrected chi connectivity index (χ3v) is 15.0. The molecule has 6 aromatic rings. The number of nitro groups is 1. The number of nitro benzene ring substituents is 1. The molecule has 3 fully saturated rings. The number of non-ortho nitro benzene ring substituents is 1. The van der Waals surface area contributed by atoms with Gasteiger partial charge in [0.05, 0.1) is 41.8 Å². The highest BCUT2D eigenvalue weighted by molar-refractivity contribution is 6.23. The highest BCUT2D eigenvalue weighted by atomic mass is 16.6. The van der Waals surface area contributed by atoms with Crippen molar-refractivity contribution in [2.24, 2.45) is 5.92 Å². The second-order valence-electron chi connectivity index (χ2n) is 19.8. The summed E-state index contributed by atoms with van der Waals surface area (Å²) in [5.41, 5.74) is 2.39. The number of esters is 1. The molecule has 15 heteroatoms. The van der Waals surface area contributed by atoms with E-state index in [9.17, 15) is 15.2 Å². The van der Waals surface area contributed by atoms with Gasteiger partial charge >= 0.3 is 12.1 Å². The van der Waals surface area contributed by atoms with Crippen molar-refractivity contribution in [1.29, 1.82) is 0 Å². The Labute approximate surface area is 441 Å². The predicted molar refractivity (Wildman–Crippen MR) is 284 cm³/mol. The molecule has 6 aromatic carbocycles. The topological polar surface area (TPSA) is 172 Å². The fourth-order valence-corrected chi connectivity index (χ4v) is 11.7. The molecular weight excluding hydrogens is 963 g/mol. The molecule has 76 heavy (non-hydrogen) atoms. The number of ether oxygens (including phenoxy) is 3. The first kappa shape index (κ1) is 51.3. The molecule has 0 saturated carbocycles. The van der Waals surface area contributed by atoms with Crippen LogP contribution in [0, 0.1) is 27.9 Å². The van der Waals surface area contributed by atoms with E-state index >= 15 is 19.2 Å². The van der Waals surface area contributed by atoms with Crippen LogP contribution in [0.15, 0.2) is 158 Å². The Morgan fingerprint density at radius 1 is 0.776 bits per heavy atom. The Morgan fingerprint density at radius 2 is 1.42 bits per heavy atom. The third-order valence-electron chi connectivity index (χ3n) is 15.0. The van der Waals surface area contributed by atoms with Gasteiger partial charge in [0.2, 0.25) is 11.8 Å². The van der Waals surface area contributed by atoms with Gasteiger partial charge < -0.3 is 24.2 Å². The number of hydrogen-bond donors (Lipinski definition) is 1. The number of amides is 3. The monoisotopic (exact) mass is 1020 g/mol. The molecule has 0 aliphatic carbocycles. The zero-order valence-corrected chi connectivity index (χ0v) is 42.2. The number of fused-ring (bicyclic) bond motifs is 3. The Bertz CT molecular complexity index is 3120. The number of aliphatic hydroxyl groups excluding tert-OH is 1. The van der Waals surface area contributed by atoms with Gasteiger partial charge in [0.25, 0.3) is 5.69 Å². The first-order valence-electron chi connectivity index (χ1n) is 25.9. The number of imide groups is 1. The molecule has 10 rings (SSSR count). The van der Waals surface area contributed by atoms with Gasteiger partial charge in [-0.05, 0) is 95.7 Å². The van der Waals surface area contributed by atoms with Crippen LogP contribution in [0.2, 0.25) is 0 Å². The standard InChI is InChI=1S/C61H59N5O10/c1-62(40-43-17-8-5-9-18-43)34-16-19-42-26-33-51-50(39-42)61(59(70)64(51)60(71)75-41-44-24-29-48(30-25-44)66(72)73)52(57(68)63-35-14-3-2-4-15-36-63)54-58(69)76-55(46-22-12-7-13-23-46)53(45-20-10-6-11-21-45)65(54)56(61)47-27-31-49(32-28-47)74-38-37-67/h5-13,17-18,20-33,39,52-56,67H,2-4,14-15,34-38,40-41H2,1H3/t52-,53-,54-,55+,56+,61-/m0/s1. The molecule has 0 radical (unpaired) electrons. The number of morpholine rings is 1. The van der Waals surface area contributed by atoms with Crippen LogP contribution < -0.4 is 9.64 Å². The SMILES string of the molecule is CN(CC#Cc1ccc2c(c1)[C@]1(C(=O)N2C(=O)OCc2ccc([N+](=O)[O-])cc2)[C@H](C(=O)N2CCCCCCC2)[C@H]2C(=O)O[C@H](c3ccccc3)[C@H](c3ccccc3)N2[C@@H]1c1ccc(OCCO)cc1)Cc1ccccc1. The summed E-state index contributed by atoms with van der Waals surface area (Å²) in [5.74, 6) is 3.75. The molecule has 4 aliphatic heterocycles. The molecule has 0 bridgehead atoms. The number of anilines is 1. The molecule has 1 N–H and O–H groups in total. The van der Waals surface area contributed by atoms with Crippen LogP contribution >= 0.6 is 0 Å². The van der Waals surface area contributed by atoms with E-state index in [1.807, 2.05) is 103 Å². The van der Waals surface area contributed by atoms with Gasteiger partial charge in [-0.15, -0.1) is 0 Å². The van der Waals surface area contributed by atoms with Gasteiger partial charge in [-0.2, -0.15) is 0 Å². The van der Waals surface area contributed by atoms with E-state index in [0.29, 0.717) is 59.7 Å². The summed E-state index contributed by atoms with van der Waals surface area (Å²) < 4.78 is 18.5. The summed E-state index contributed by atoms with van der Waals surface area (Å²) >= 11 is 0. The van der Waals surface area contributed by atoms with Crippen LogP contribution in [0.3, 0.4) is 0 Å². The van der Waals surface area contributed by atoms with E-state index in [2.05, 4.69) is 28.9 Å². The van der Waals surface area contributed by atoms with Crippen LogP contribution in [0.1, 0.15) is 89.2 Å². The number of carbonyl (C=O) groups excluding carboxylic acids is 4. The maximum atomic E-state index is 16.8. The fraction of sp³-hybridized carbons (Fsp3) is 0.311. The number of benzene rings is 6. The highest BCUT2D eigenvalue weighted by Gasteiger charge is 2.76. The summed E-state index contributed by atoms with van der Waals surface area (Å²) in [4.78, 5) is 81.7. The maximum Gasteiger partial charge on any atom is 0.421 e. The largest absolute Gasteiger partial charge is 0.491 e. The summed E-state index contributed by atoms with van der Waals surface area (Å²) in [6.07, 6.45) is 2.30. The summed E-state index contributed by atoms with van der Waals surface area (Å²) in [6.45, 7) is 1.31. The summed E-state index contributed by atoms with van der Waals surface area (Å²) in [7, 11) is 1.98. The molecule has 0 unspecified atom stereocenters. The summed E-state index contributed by atoms with van der Waals surface area (Å²) in [5, 5.41) is 21.2. The number of carbonyl (C=O) groups is 4.